The third-order valence-corrected chi connectivity index (χ3v) is 11.8. The molecule has 10 aromatic rings. The quantitative estimate of drug-likeness (QED) is 0.166. The molecular formula is C53H37NO. The van der Waals surface area contributed by atoms with E-state index in [9.17, 15) is 0 Å². The Balaban J connectivity index is 1.05. The zero-order chi connectivity index (χ0) is 36.5. The molecular weight excluding hydrogens is 667 g/mol. The van der Waals surface area contributed by atoms with Gasteiger partial charge in [-0.25, -0.2) is 0 Å². The highest BCUT2D eigenvalue weighted by Crippen LogP contribution is 2.48. The number of nitrogens with zero attached hydrogens (tertiary/aromatic N) is 1. The summed E-state index contributed by atoms with van der Waals surface area (Å²) >= 11 is 0. The molecule has 0 bridgehead atoms. The van der Waals surface area contributed by atoms with Gasteiger partial charge in [0.25, 0.3) is 0 Å². The number of anilines is 3. The molecule has 0 amide bonds. The van der Waals surface area contributed by atoms with E-state index in [4.69, 9.17) is 4.42 Å². The number of hydrogen-bond acceptors (Lipinski definition) is 2. The average molecular weight is 704 g/mol. The topological polar surface area (TPSA) is 16.4 Å². The van der Waals surface area contributed by atoms with Crippen LogP contribution in [0.3, 0.4) is 0 Å². The van der Waals surface area contributed by atoms with Crippen molar-refractivity contribution >= 4 is 77.4 Å². The Morgan fingerprint density at radius 2 is 1.13 bits per heavy atom. The Labute approximate surface area is 320 Å². The van der Waals surface area contributed by atoms with Gasteiger partial charge in [-0.15, -0.1) is 0 Å². The standard InChI is InChI=1S/C53H37NO/c1-34-40(31-32-48-45-20-5-4-18-43(45)44-19-6-7-22-47(44)52(34)48)36-27-29-38(30-28-36)54(50-25-12-24-49-46-21-8-9-26-51(46)55-53(49)50)39-16-10-15-37(33-39)42-23-11-14-35-13-2-3-17-41(35)42/h2-34,40H,1H3. The highest BCUT2D eigenvalue weighted by atomic mass is 16.3. The average Bonchev–Trinajstić information content (AvgIpc) is 3.64. The maximum atomic E-state index is 6.66. The van der Waals surface area contributed by atoms with Crippen molar-refractivity contribution in [1.29, 1.82) is 0 Å². The fraction of sp³-hybridized carbons (Fsp3) is 0.0566. The van der Waals surface area contributed by atoms with E-state index in [1.54, 1.807) is 0 Å². The first-order valence-electron chi connectivity index (χ1n) is 19.2. The van der Waals surface area contributed by atoms with Crippen LogP contribution in [-0.2, 0) is 0 Å². The van der Waals surface area contributed by atoms with E-state index in [1.165, 1.54) is 60.1 Å². The Morgan fingerprint density at radius 3 is 1.96 bits per heavy atom. The monoisotopic (exact) mass is 703 g/mol. The minimum absolute atomic E-state index is 0.244. The zero-order valence-electron chi connectivity index (χ0n) is 30.5. The van der Waals surface area contributed by atoms with Crippen LogP contribution in [0.4, 0.5) is 17.1 Å². The van der Waals surface area contributed by atoms with Crippen LogP contribution in [0.5, 0.6) is 0 Å². The highest BCUT2D eigenvalue weighted by Gasteiger charge is 2.28. The molecule has 0 spiro atoms. The molecule has 2 nitrogen and oxygen atoms in total. The van der Waals surface area contributed by atoms with Gasteiger partial charge in [0.1, 0.15) is 5.58 Å². The molecule has 0 fully saturated rings. The van der Waals surface area contributed by atoms with Crippen molar-refractivity contribution in [2.24, 2.45) is 0 Å². The zero-order valence-corrected chi connectivity index (χ0v) is 30.5. The van der Waals surface area contributed by atoms with E-state index >= 15 is 0 Å². The first-order valence-corrected chi connectivity index (χ1v) is 19.2. The molecule has 1 aliphatic carbocycles. The van der Waals surface area contributed by atoms with Gasteiger partial charge < -0.3 is 9.32 Å². The summed E-state index contributed by atoms with van der Waals surface area (Å²) in [5, 5.41) is 10.0. The fourth-order valence-corrected chi connectivity index (χ4v) is 9.28. The Hall–Kier alpha value is -6.90. The van der Waals surface area contributed by atoms with Gasteiger partial charge >= 0.3 is 0 Å². The molecule has 1 heterocycles. The summed E-state index contributed by atoms with van der Waals surface area (Å²) < 4.78 is 6.66. The van der Waals surface area contributed by atoms with E-state index in [2.05, 4.69) is 200 Å². The maximum Gasteiger partial charge on any atom is 0.159 e. The number of hydrogen-bond donors (Lipinski definition) is 0. The highest BCUT2D eigenvalue weighted by molar-refractivity contribution is 6.13. The minimum atomic E-state index is 0.244. The molecule has 0 saturated carbocycles. The van der Waals surface area contributed by atoms with Crippen molar-refractivity contribution in [3.63, 3.8) is 0 Å². The summed E-state index contributed by atoms with van der Waals surface area (Å²) in [5.74, 6) is 0.547. The molecule has 0 aliphatic heterocycles. The largest absolute Gasteiger partial charge is 0.454 e. The van der Waals surface area contributed by atoms with Crippen LogP contribution in [0.1, 0.15) is 35.4 Å². The maximum absolute atomic E-state index is 6.66. The van der Waals surface area contributed by atoms with Crippen LogP contribution in [0.15, 0.2) is 192 Å². The van der Waals surface area contributed by atoms with Gasteiger partial charge in [-0.3, -0.25) is 0 Å². The lowest BCUT2D eigenvalue weighted by Crippen LogP contribution is -2.13. The van der Waals surface area contributed by atoms with Crippen molar-refractivity contribution in [2.45, 2.75) is 18.8 Å². The molecule has 0 N–H and O–H groups in total. The summed E-state index contributed by atoms with van der Waals surface area (Å²) in [6, 6.07) is 65.9. The Bertz CT molecular complexity index is 3130. The molecule has 2 unspecified atom stereocenters. The molecule has 2 heteroatoms. The van der Waals surface area contributed by atoms with Crippen LogP contribution in [0.2, 0.25) is 0 Å². The van der Waals surface area contributed by atoms with Gasteiger partial charge in [-0.05, 0) is 102 Å². The van der Waals surface area contributed by atoms with E-state index in [-0.39, 0.29) is 5.92 Å². The van der Waals surface area contributed by atoms with E-state index < -0.39 is 0 Å². The molecule has 2 atom stereocenters. The summed E-state index contributed by atoms with van der Waals surface area (Å²) in [6.07, 6.45) is 4.79. The summed E-state index contributed by atoms with van der Waals surface area (Å²) in [4.78, 5) is 2.36. The minimum Gasteiger partial charge on any atom is -0.454 e. The van der Waals surface area contributed by atoms with E-state index in [0.717, 1.165) is 39.0 Å². The van der Waals surface area contributed by atoms with Gasteiger partial charge in [0.15, 0.2) is 5.58 Å². The van der Waals surface area contributed by atoms with Crippen LogP contribution in [0.25, 0.3) is 71.5 Å². The number of benzene rings is 9. The molecule has 11 rings (SSSR count). The smallest absolute Gasteiger partial charge is 0.159 e. The van der Waals surface area contributed by atoms with E-state index in [1.807, 2.05) is 6.07 Å². The summed E-state index contributed by atoms with van der Waals surface area (Å²) in [7, 11) is 0. The second-order valence-corrected chi connectivity index (χ2v) is 14.8. The van der Waals surface area contributed by atoms with Crippen molar-refractivity contribution in [3.05, 3.63) is 205 Å². The van der Waals surface area contributed by atoms with Crippen molar-refractivity contribution < 1.29 is 4.42 Å². The molecule has 260 valence electrons. The van der Waals surface area contributed by atoms with Crippen LogP contribution < -0.4 is 4.90 Å². The molecule has 1 aliphatic rings. The first kappa shape index (κ1) is 31.6. The van der Waals surface area contributed by atoms with Gasteiger partial charge in [0.05, 0.1) is 5.69 Å². The van der Waals surface area contributed by atoms with Gasteiger partial charge in [0.2, 0.25) is 0 Å². The normalized spacial score (nSPS) is 15.3. The third kappa shape index (κ3) is 5.02. The lowest BCUT2D eigenvalue weighted by atomic mass is 9.74. The fourth-order valence-electron chi connectivity index (χ4n) is 9.28. The Morgan fingerprint density at radius 1 is 0.491 bits per heavy atom. The van der Waals surface area contributed by atoms with Gasteiger partial charge in [-0.1, -0.05) is 165 Å². The Kier molecular flexibility index (Phi) is 7.25. The predicted octanol–water partition coefficient (Wildman–Crippen LogP) is 15.1. The van der Waals surface area contributed by atoms with E-state index in [0.29, 0.717) is 5.92 Å². The molecule has 0 radical (unpaired) electrons. The molecule has 9 aromatic carbocycles. The molecule has 55 heavy (non-hydrogen) atoms. The van der Waals surface area contributed by atoms with Gasteiger partial charge in [-0.2, -0.15) is 0 Å². The van der Waals surface area contributed by atoms with Crippen molar-refractivity contribution in [3.8, 4) is 11.1 Å². The van der Waals surface area contributed by atoms with Gasteiger partial charge in [0, 0.05) is 28.1 Å². The van der Waals surface area contributed by atoms with Crippen molar-refractivity contribution in [1.82, 2.24) is 0 Å². The number of para-hydroxylation sites is 2. The lowest BCUT2D eigenvalue weighted by Gasteiger charge is -2.31. The number of furan rings is 1. The lowest BCUT2D eigenvalue weighted by molar-refractivity contribution is 0.669. The van der Waals surface area contributed by atoms with Crippen LogP contribution in [0, 0.1) is 0 Å². The molecule has 0 saturated heterocycles. The van der Waals surface area contributed by atoms with Crippen LogP contribution >= 0.6 is 0 Å². The van der Waals surface area contributed by atoms with Crippen molar-refractivity contribution in [2.75, 3.05) is 4.90 Å². The number of rotatable bonds is 5. The van der Waals surface area contributed by atoms with Crippen LogP contribution in [-0.4, -0.2) is 0 Å². The summed E-state index contributed by atoms with van der Waals surface area (Å²) in [5.41, 5.74) is 11.4. The third-order valence-electron chi connectivity index (χ3n) is 11.8. The molecule has 1 aromatic heterocycles. The summed E-state index contributed by atoms with van der Waals surface area (Å²) in [6.45, 7) is 2.40. The second kappa shape index (κ2) is 12.6. The second-order valence-electron chi connectivity index (χ2n) is 14.8. The number of fused-ring (bicyclic) bond motifs is 10. The number of allylic oxidation sites excluding steroid dienone is 1. The first-order chi connectivity index (χ1) is 27.2. The predicted molar refractivity (Wildman–Crippen MR) is 233 cm³/mol. The SMILES string of the molecule is CC1c2c(c3ccccc3c3ccccc23)C=CC1c1ccc(N(c2cccc(-c3cccc4ccccc34)c2)c2cccc3c2oc2ccccc23)cc1.